The van der Waals surface area contributed by atoms with Crippen molar-refractivity contribution in [2.24, 2.45) is 0 Å². The molecule has 2 heterocycles. The van der Waals surface area contributed by atoms with Crippen molar-refractivity contribution in [2.75, 3.05) is 11.4 Å². The molecule has 2 rings (SSSR count). The maximum absolute atomic E-state index is 11.3. The standard InChI is InChI=1S/C13H15N3O2/c14-9-10-5-4-7-12(15-10)16-8-3-1-2-6-11(16)13(17)18/h4-5,7,11H,1-3,6,8H2,(H,17,18). The van der Waals surface area contributed by atoms with Crippen LogP contribution in [-0.2, 0) is 4.79 Å². The Kier molecular flexibility index (Phi) is 3.78. The van der Waals surface area contributed by atoms with E-state index < -0.39 is 12.0 Å². The summed E-state index contributed by atoms with van der Waals surface area (Å²) >= 11 is 0. The number of anilines is 1. The Bertz CT molecular complexity index is 481. The molecule has 1 N–H and O–H groups in total. The van der Waals surface area contributed by atoms with Gasteiger partial charge in [-0.15, -0.1) is 0 Å². The highest BCUT2D eigenvalue weighted by Crippen LogP contribution is 2.22. The van der Waals surface area contributed by atoms with Gasteiger partial charge in [-0.25, -0.2) is 9.78 Å². The van der Waals surface area contributed by atoms with Gasteiger partial charge in [0.1, 0.15) is 23.6 Å². The number of carbonyl (C=O) groups is 1. The molecule has 1 aromatic rings. The summed E-state index contributed by atoms with van der Waals surface area (Å²) in [7, 11) is 0. The molecule has 1 saturated heterocycles. The molecule has 1 aliphatic heterocycles. The van der Waals surface area contributed by atoms with Crippen molar-refractivity contribution in [3.63, 3.8) is 0 Å². The lowest BCUT2D eigenvalue weighted by Gasteiger charge is -2.27. The summed E-state index contributed by atoms with van der Waals surface area (Å²) in [5.74, 6) is -0.232. The van der Waals surface area contributed by atoms with E-state index in [2.05, 4.69) is 4.98 Å². The Morgan fingerprint density at radius 3 is 3.00 bits per heavy atom. The third-order valence-corrected chi connectivity index (χ3v) is 3.18. The number of hydrogen-bond donors (Lipinski definition) is 1. The van der Waals surface area contributed by atoms with E-state index in [1.54, 1.807) is 23.1 Å². The molecule has 1 fully saturated rings. The maximum Gasteiger partial charge on any atom is 0.326 e. The van der Waals surface area contributed by atoms with Crippen LogP contribution >= 0.6 is 0 Å². The first-order chi connectivity index (χ1) is 8.72. The van der Waals surface area contributed by atoms with Gasteiger partial charge >= 0.3 is 5.97 Å². The van der Waals surface area contributed by atoms with Gasteiger partial charge in [-0.05, 0) is 25.0 Å². The molecule has 0 aromatic carbocycles. The number of pyridine rings is 1. The summed E-state index contributed by atoms with van der Waals surface area (Å²) in [5, 5.41) is 18.1. The SMILES string of the molecule is N#Cc1cccc(N2CCCCCC2C(=O)O)n1. The molecular weight excluding hydrogens is 230 g/mol. The van der Waals surface area contributed by atoms with Crippen LogP contribution in [0.1, 0.15) is 31.4 Å². The molecule has 5 heteroatoms. The Hall–Kier alpha value is -2.09. The summed E-state index contributed by atoms with van der Waals surface area (Å²) in [4.78, 5) is 17.3. The first-order valence-corrected chi connectivity index (χ1v) is 6.09. The topological polar surface area (TPSA) is 77.2 Å². The molecule has 0 amide bonds. The van der Waals surface area contributed by atoms with Crippen LogP contribution in [0.25, 0.3) is 0 Å². The van der Waals surface area contributed by atoms with Gasteiger partial charge in [-0.1, -0.05) is 18.9 Å². The Balaban J connectivity index is 2.32. The lowest BCUT2D eigenvalue weighted by atomic mass is 10.1. The minimum atomic E-state index is -0.818. The van der Waals surface area contributed by atoms with Crippen LogP contribution in [0.4, 0.5) is 5.82 Å². The van der Waals surface area contributed by atoms with Gasteiger partial charge < -0.3 is 10.0 Å². The number of carboxylic acid groups (broad SMARTS) is 1. The zero-order valence-electron chi connectivity index (χ0n) is 10.0. The van der Waals surface area contributed by atoms with Crippen LogP contribution in [0, 0.1) is 11.3 Å². The van der Waals surface area contributed by atoms with E-state index in [1.807, 2.05) is 6.07 Å². The number of nitrogens with zero attached hydrogens (tertiary/aromatic N) is 3. The molecule has 0 spiro atoms. The van der Waals surface area contributed by atoms with Crippen molar-refractivity contribution in [2.45, 2.75) is 31.7 Å². The van der Waals surface area contributed by atoms with E-state index in [0.717, 1.165) is 19.3 Å². The molecule has 1 aromatic heterocycles. The third kappa shape index (κ3) is 2.59. The molecule has 1 atom stereocenters. The van der Waals surface area contributed by atoms with E-state index in [9.17, 15) is 9.90 Å². The van der Waals surface area contributed by atoms with E-state index in [0.29, 0.717) is 24.5 Å². The fourth-order valence-corrected chi connectivity index (χ4v) is 2.28. The smallest absolute Gasteiger partial charge is 0.326 e. The van der Waals surface area contributed by atoms with Crippen molar-refractivity contribution in [3.05, 3.63) is 23.9 Å². The summed E-state index contributed by atoms with van der Waals surface area (Å²) < 4.78 is 0. The van der Waals surface area contributed by atoms with E-state index in [1.165, 1.54) is 0 Å². The van der Waals surface area contributed by atoms with Crippen molar-refractivity contribution >= 4 is 11.8 Å². The van der Waals surface area contributed by atoms with Crippen LogP contribution in [-0.4, -0.2) is 28.6 Å². The molecule has 94 valence electrons. The van der Waals surface area contributed by atoms with Crippen molar-refractivity contribution in [1.82, 2.24) is 4.98 Å². The van der Waals surface area contributed by atoms with Crippen LogP contribution in [0.2, 0.25) is 0 Å². The highest BCUT2D eigenvalue weighted by Gasteiger charge is 2.28. The van der Waals surface area contributed by atoms with Crippen molar-refractivity contribution in [1.29, 1.82) is 5.26 Å². The number of aromatic nitrogens is 1. The molecule has 0 radical (unpaired) electrons. The Labute approximate surface area is 106 Å². The van der Waals surface area contributed by atoms with Gasteiger partial charge in [-0.2, -0.15) is 5.26 Å². The number of hydrogen-bond acceptors (Lipinski definition) is 4. The second kappa shape index (κ2) is 5.50. The molecular formula is C13H15N3O2. The molecule has 1 unspecified atom stereocenters. The number of aliphatic carboxylic acids is 1. The maximum atomic E-state index is 11.3. The fourth-order valence-electron chi connectivity index (χ4n) is 2.28. The van der Waals surface area contributed by atoms with Gasteiger partial charge in [0, 0.05) is 6.54 Å². The number of rotatable bonds is 2. The van der Waals surface area contributed by atoms with Crippen LogP contribution < -0.4 is 4.90 Å². The van der Waals surface area contributed by atoms with Gasteiger partial charge in [-0.3, -0.25) is 0 Å². The Morgan fingerprint density at radius 1 is 1.44 bits per heavy atom. The third-order valence-electron chi connectivity index (χ3n) is 3.18. The minimum absolute atomic E-state index is 0.320. The summed E-state index contributed by atoms with van der Waals surface area (Å²) in [6.07, 6.45) is 3.56. The molecule has 0 bridgehead atoms. The number of carboxylic acids is 1. The molecule has 18 heavy (non-hydrogen) atoms. The predicted octanol–water partition coefficient (Wildman–Crippen LogP) is 1.79. The van der Waals surface area contributed by atoms with Crippen LogP contribution in [0.15, 0.2) is 18.2 Å². The van der Waals surface area contributed by atoms with E-state index >= 15 is 0 Å². The lowest BCUT2D eigenvalue weighted by molar-refractivity contribution is -0.138. The zero-order valence-corrected chi connectivity index (χ0v) is 10.0. The fraction of sp³-hybridized carbons (Fsp3) is 0.462. The van der Waals surface area contributed by atoms with Gasteiger partial charge in [0.25, 0.3) is 0 Å². The highest BCUT2D eigenvalue weighted by molar-refractivity contribution is 5.77. The van der Waals surface area contributed by atoms with Crippen molar-refractivity contribution in [3.8, 4) is 6.07 Å². The molecule has 0 aliphatic carbocycles. The van der Waals surface area contributed by atoms with Crippen LogP contribution in [0.3, 0.4) is 0 Å². The lowest BCUT2D eigenvalue weighted by Crippen LogP contribution is -2.41. The quantitative estimate of drug-likeness (QED) is 0.859. The molecule has 5 nitrogen and oxygen atoms in total. The summed E-state index contributed by atoms with van der Waals surface area (Å²) in [5.41, 5.74) is 0.320. The average molecular weight is 245 g/mol. The second-order valence-corrected chi connectivity index (χ2v) is 4.39. The zero-order chi connectivity index (χ0) is 13.0. The van der Waals surface area contributed by atoms with Crippen molar-refractivity contribution < 1.29 is 9.90 Å². The molecule has 1 aliphatic rings. The summed E-state index contributed by atoms with van der Waals surface area (Å²) in [6.45, 7) is 0.679. The monoisotopic (exact) mass is 245 g/mol. The van der Waals surface area contributed by atoms with Gasteiger partial charge in [0.2, 0.25) is 0 Å². The number of nitriles is 1. The minimum Gasteiger partial charge on any atom is -0.480 e. The first kappa shape index (κ1) is 12.4. The van der Waals surface area contributed by atoms with Gasteiger partial charge in [0.05, 0.1) is 0 Å². The Morgan fingerprint density at radius 2 is 2.28 bits per heavy atom. The summed E-state index contributed by atoms with van der Waals surface area (Å²) in [6, 6.07) is 6.58. The van der Waals surface area contributed by atoms with E-state index in [-0.39, 0.29) is 0 Å². The van der Waals surface area contributed by atoms with E-state index in [4.69, 9.17) is 5.26 Å². The predicted molar refractivity (Wildman–Crippen MR) is 66.2 cm³/mol. The first-order valence-electron chi connectivity index (χ1n) is 6.09. The van der Waals surface area contributed by atoms with Crippen LogP contribution in [0.5, 0.6) is 0 Å². The second-order valence-electron chi connectivity index (χ2n) is 4.39. The highest BCUT2D eigenvalue weighted by atomic mass is 16.4. The average Bonchev–Trinajstić information content (AvgIpc) is 2.64. The molecule has 0 saturated carbocycles. The largest absolute Gasteiger partial charge is 0.480 e. The van der Waals surface area contributed by atoms with Gasteiger partial charge in [0.15, 0.2) is 0 Å². The normalized spacial score (nSPS) is 19.9.